The molecule has 0 saturated carbocycles. The molecule has 0 radical (unpaired) electrons. The lowest BCUT2D eigenvalue weighted by Crippen LogP contribution is -2.23. The predicted molar refractivity (Wildman–Crippen MR) is 119 cm³/mol. The molecule has 1 N–H and O–H groups in total. The van der Waals surface area contributed by atoms with Crippen LogP contribution in [0.3, 0.4) is 0 Å². The molecule has 0 aromatic heterocycles. The fraction of sp³-hybridized carbons (Fsp3) is 0.227. The lowest BCUT2D eigenvalue weighted by Gasteiger charge is -2.14. The van der Waals surface area contributed by atoms with Crippen molar-refractivity contribution in [3.63, 3.8) is 0 Å². The molecule has 2 aromatic carbocycles. The van der Waals surface area contributed by atoms with Crippen LogP contribution in [0.4, 0.5) is 5.69 Å². The molecule has 0 aliphatic carbocycles. The van der Waals surface area contributed by atoms with Crippen LogP contribution >= 0.6 is 11.8 Å². The number of hydrogen-bond acceptors (Lipinski definition) is 7. The summed E-state index contributed by atoms with van der Waals surface area (Å²) in [4.78, 5) is 30.2. The molecule has 31 heavy (non-hydrogen) atoms. The molecule has 0 bridgehead atoms. The van der Waals surface area contributed by atoms with E-state index in [1.165, 1.54) is 30.7 Å². The predicted octanol–water partition coefficient (Wildman–Crippen LogP) is 3.79. The number of aliphatic imine (C=N–C) groups is 1. The highest BCUT2D eigenvalue weighted by molar-refractivity contribution is 8.18. The Morgan fingerprint density at radius 2 is 1.84 bits per heavy atom. The second-order valence-electron chi connectivity index (χ2n) is 6.58. The van der Waals surface area contributed by atoms with Gasteiger partial charge >= 0.3 is 5.97 Å². The van der Waals surface area contributed by atoms with E-state index in [-0.39, 0.29) is 5.91 Å². The minimum Gasteiger partial charge on any atom is -0.497 e. The maximum Gasteiger partial charge on any atom is 0.344 e. The molecular weight excluding hydrogens is 420 g/mol. The average Bonchev–Trinajstić information content (AvgIpc) is 3.02. The van der Waals surface area contributed by atoms with Crippen LogP contribution in [0.2, 0.25) is 0 Å². The van der Waals surface area contributed by atoms with Crippen molar-refractivity contribution in [2.24, 2.45) is 4.99 Å². The van der Waals surface area contributed by atoms with Gasteiger partial charge in [0.2, 0.25) is 0 Å². The minimum atomic E-state index is -1.08. The van der Waals surface area contributed by atoms with E-state index in [2.05, 4.69) is 4.99 Å². The average molecular weight is 442 g/mol. The van der Waals surface area contributed by atoms with Gasteiger partial charge in [-0.05, 0) is 66.7 Å². The molecule has 1 atom stereocenters. The highest BCUT2D eigenvalue weighted by Gasteiger charge is 2.30. The van der Waals surface area contributed by atoms with E-state index in [1.54, 1.807) is 50.6 Å². The third kappa shape index (κ3) is 5.18. The summed E-state index contributed by atoms with van der Waals surface area (Å²) in [7, 11) is 4.73. The van der Waals surface area contributed by atoms with Crippen molar-refractivity contribution < 1.29 is 28.9 Å². The zero-order valence-electron chi connectivity index (χ0n) is 17.5. The molecule has 1 saturated heterocycles. The lowest BCUT2D eigenvalue weighted by molar-refractivity contribution is -0.144. The van der Waals surface area contributed by atoms with Gasteiger partial charge in [0, 0.05) is 7.05 Å². The number of thioether (sulfide) groups is 1. The summed E-state index contributed by atoms with van der Waals surface area (Å²) in [6.45, 7) is 1.44. The van der Waals surface area contributed by atoms with E-state index in [1.807, 2.05) is 12.1 Å². The number of carboxylic acids is 1. The highest BCUT2D eigenvalue weighted by Crippen LogP contribution is 2.35. The van der Waals surface area contributed by atoms with Crippen LogP contribution in [-0.4, -0.2) is 54.4 Å². The molecule has 1 aliphatic rings. The molecule has 8 nitrogen and oxygen atoms in total. The normalized spacial score (nSPS) is 17.2. The first-order chi connectivity index (χ1) is 14.8. The number of aliphatic carboxylic acids is 1. The van der Waals surface area contributed by atoms with Crippen molar-refractivity contribution in [3.8, 4) is 17.2 Å². The molecule has 1 fully saturated rings. The van der Waals surface area contributed by atoms with Gasteiger partial charge in [-0.2, -0.15) is 0 Å². The fourth-order valence-electron chi connectivity index (χ4n) is 2.68. The number of hydrogen-bond donors (Lipinski definition) is 1. The van der Waals surface area contributed by atoms with Crippen LogP contribution in [0, 0.1) is 0 Å². The number of amides is 1. The van der Waals surface area contributed by atoms with Gasteiger partial charge in [0.05, 0.1) is 24.8 Å². The largest absolute Gasteiger partial charge is 0.497 e. The Bertz CT molecular complexity index is 1050. The second kappa shape index (κ2) is 9.57. The fourth-order valence-corrected chi connectivity index (χ4v) is 3.67. The number of amidine groups is 1. The van der Waals surface area contributed by atoms with Crippen molar-refractivity contribution >= 4 is 40.6 Å². The summed E-state index contributed by atoms with van der Waals surface area (Å²) in [5.41, 5.74) is 1.42. The van der Waals surface area contributed by atoms with Gasteiger partial charge in [-0.3, -0.25) is 9.69 Å². The molecule has 0 spiro atoms. The van der Waals surface area contributed by atoms with E-state index in [9.17, 15) is 9.59 Å². The van der Waals surface area contributed by atoms with Gasteiger partial charge in [0.25, 0.3) is 5.91 Å². The second-order valence-corrected chi connectivity index (χ2v) is 7.58. The van der Waals surface area contributed by atoms with Gasteiger partial charge in [-0.15, -0.1) is 0 Å². The van der Waals surface area contributed by atoms with Crippen LogP contribution in [-0.2, 0) is 9.59 Å². The van der Waals surface area contributed by atoms with Crippen LogP contribution in [0.1, 0.15) is 12.5 Å². The van der Waals surface area contributed by atoms with E-state index in [0.717, 1.165) is 5.75 Å². The summed E-state index contributed by atoms with van der Waals surface area (Å²) in [5.74, 6) is 0.165. The minimum absolute atomic E-state index is 0.170. The Balaban J connectivity index is 1.83. The zero-order chi connectivity index (χ0) is 22.5. The molecule has 162 valence electrons. The summed E-state index contributed by atoms with van der Waals surface area (Å²) >= 11 is 1.27. The molecule has 1 heterocycles. The topological polar surface area (TPSA) is 97.7 Å². The van der Waals surface area contributed by atoms with Gasteiger partial charge < -0.3 is 19.3 Å². The van der Waals surface area contributed by atoms with E-state index < -0.39 is 12.1 Å². The molecule has 1 aliphatic heterocycles. The number of carbonyl (C=O) groups excluding carboxylic acids is 1. The first-order valence-electron chi connectivity index (χ1n) is 9.30. The Labute approximate surface area is 184 Å². The van der Waals surface area contributed by atoms with Crippen molar-refractivity contribution in [1.82, 2.24) is 4.90 Å². The van der Waals surface area contributed by atoms with Gasteiger partial charge in [-0.25, -0.2) is 9.79 Å². The van der Waals surface area contributed by atoms with Crippen molar-refractivity contribution in [2.45, 2.75) is 13.0 Å². The Hall–Kier alpha value is -3.46. The van der Waals surface area contributed by atoms with Gasteiger partial charge in [0.15, 0.2) is 22.8 Å². The first kappa shape index (κ1) is 22.2. The maximum absolute atomic E-state index is 12.7. The SMILES string of the molecule is COc1ccc(N=C2S/C(=C\c3ccc(O[C@H](C)C(=O)O)c(OC)c3)C(=O)N2C)cc1. The molecule has 2 aromatic rings. The quantitative estimate of drug-likeness (QED) is 0.652. The van der Waals surface area contributed by atoms with E-state index in [4.69, 9.17) is 19.3 Å². The molecule has 0 unspecified atom stereocenters. The standard InChI is InChI=1S/C22H22N2O6S/c1-13(21(26)27)30-17-10-5-14(11-18(17)29-4)12-19-20(25)24(2)22(31-19)23-15-6-8-16(28-3)9-7-15/h5-13H,1-4H3,(H,26,27)/b19-12-,23-22?/t13-/m1/s1. The lowest BCUT2D eigenvalue weighted by atomic mass is 10.2. The highest BCUT2D eigenvalue weighted by atomic mass is 32.2. The number of likely N-dealkylation sites (N-methyl/N-ethyl adjacent to an activating group) is 1. The van der Waals surface area contributed by atoms with Crippen molar-refractivity contribution in [3.05, 3.63) is 52.9 Å². The number of carbonyl (C=O) groups is 2. The Kier molecular flexibility index (Phi) is 6.86. The van der Waals surface area contributed by atoms with Crippen LogP contribution in [0.5, 0.6) is 17.2 Å². The third-order valence-electron chi connectivity index (χ3n) is 4.44. The monoisotopic (exact) mass is 442 g/mol. The number of benzene rings is 2. The van der Waals surface area contributed by atoms with Crippen LogP contribution < -0.4 is 14.2 Å². The molecule has 3 rings (SSSR count). The Morgan fingerprint density at radius 1 is 1.13 bits per heavy atom. The number of nitrogens with zero attached hydrogens (tertiary/aromatic N) is 2. The van der Waals surface area contributed by atoms with Crippen molar-refractivity contribution in [1.29, 1.82) is 0 Å². The number of ether oxygens (including phenoxy) is 3. The van der Waals surface area contributed by atoms with E-state index >= 15 is 0 Å². The van der Waals surface area contributed by atoms with Crippen LogP contribution in [0.25, 0.3) is 6.08 Å². The maximum atomic E-state index is 12.7. The molecule has 9 heteroatoms. The number of carboxylic acid groups (broad SMARTS) is 1. The molecule has 1 amide bonds. The zero-order valence-corrected chi connectivity index (χ0v) is 18.3. The van der Waals surface area contributed by atoms with Crippen LogP contribution in [0.15, 0.2) is 52.4 Å². The number of rotatable bonds is 7. The molecular formula is C22H22N2O6S. The summed E-state index contributed by atoms with van der Waals surface area (Å²) in [5, 5.41) is 9.58. The van der Waals surface area contributed by atoms with E-state index in [0.29, 0.717) is 32.8 Å². The first-order valence-corrected chi connectivity index (χ1v) is 10.1. The van der Waals surface area contributed by atoms with Crippen molar-refractivity contribution in [2.75, 3.05) is 21.3 Å². The summed E-state index contributed by atoms with van der Waals surface area (Å²) < 4.78 is 15.9. The van der Waals surface area contributed by atoms with Gasteiger partial charge in [-0.1, -0.05) is 6.07 Å². The smallest absolute Gasteiger partial charge is 0.344 e. The van der Waals surface area contributed by atoms with Gasteiger partial charge in [0.1, 0.15) is 5.75 Å². The summed E-state index contributed by atoms with van der Waals surface area (Å²) in [6, 6.07) is 12.3. The third-order valence-corrected chi connectivity index (χ3v) is 5.50. The summed E-state index contributed by atoms with van der Waals surface area (Å²) in [6.07, 6.45) is 0.711. The number of methoxy groups -OCH3 is 2. The Morgan fingerprint density at radius 3 is 2.45 bits per heavy atom.